The van der Waals surface area contributed by atoms with Gasteiger partial charge in [0.2, 0.25) is 0 Å². The van der Waals surface area contributed by atoms with Gasteiger partial charge in [-0.2, -0.15) is 0 Å². The van der Waals surface area contributed by atoms with Crippen LogP contribution in [0.25, 0.3) is 0 Å². The number of amidine groups is 1. The number of rotatable bonds is 6. The van der Waals surface area contributed by atoms with E-state index in [4.69, 9.17) is 18.9 Å². The molecule has 2 heterocycles. The van der Waals surface area contributed by atoms with Crippen LogP contribution in [-0.2, 0) is 20.5 Å². The van der Waals surface area contributed by atoms with Crippen LogP contribution in [0.4, 0.5) is 0 Å². The molecule has 5 nitrogen and oxygen atoms in total. The number of thioether (sulfide) groups is 1. The monoisotopic (exact) mass is 436 g/mol. The van der Waals surface area contributed by atoms with Crippen LogP contribution in [0.2, 0.25) is 18.1 Å². The minimum atomic E-state index is -1.85. The summed E-state index contributed by atoms with van der Waals surface area (Å²) < 4.78 is 19.4. The molecule has 7 heteroatoms. The first-order chi connectivity index (χ1) is 13.6. The van der Waals surface area contributed by atoms with E-state index in [-0.39, 0.29) is 28.7 Å². The Morgan fingerprint density at radius 2 is 1.90 bits per heavy atom. The van der Waals surface area contributed by atoms with Crippen molar-refractivity contribution in [1.29, 1.82) is 0 Å². The zero-order valence-corrected chi connectivity index (χ0v) is 20.7. The zero-order chi connectivity index (χ0) is 21.2. The minimum Gasteiger partial charge on any atom is -0.414 e. The topological polar surface area (TPSA) is 43.3 Å². The summed E-state index contributed by atoms with van der Waals surface area (Å²) in [5, 5.41) is 1.21. The van der Waals surface area contributed by atoms with Gasteiger partial charge in [-0.05, 0) is 23.7 Å². The maximum Gasteiger partial charge on any atom is 0.192 e. The van der Waals surface area contributed by atoms with Crippen molar-refractivity contribution in [2.75, 3.05) is 20.7 Å². The maximum absolute atomic E-state index is 6.52. The zero-order valence-electron chi connectivity index (χ0n) is 18.8. The highest BCUT2D eigenvalue weighted by Crippen LogP contribution is 2.40. The van der Waals surface area contributed by atoms with Crippen molar-refractivity contribution in [3.05, 3.63) is 35.9 Å². The molecule has 2 aliphatic heterocycles. The SMILES string of the molecule is CN(C)C1=N[C@@H]2C[C@H](OCc3ccccc3)[C@@H](CO[Si](C)(C)C(C)(C)C)O[C@@H]2S1. The lowest BCUT2D eigenvalue weighted by atomic mass is 10.0. The molecule has 1 aromatic rings. The van der Waals surface area contributed by atoms with E-state index in [1.807, 2.05) is 32.3 Å². The fourth-order valence-electron chi connectivity index (χ4n) is 3.17. The van der Waals surface area contributed by atoms with Gasteiger partial charge in [-0.25, -0.2) is 0 Å². The van der Waals surface area contributed by atoms with E-state index in [1.54, 1.807) is 11.8 Å². The second-order valence-electron chi connectivity index (χ2n) is 9.68. The molecule has 1 fully saturated rings. The average Bonchev–Trinajstić information content (AvgIpc) is 3.07. The van der Waals surface area contributed by atoms with Crippen LogP contribution in [0.15, 0.2) is 35.3 Å². The second-order valence-corrected chi connectivity index (χ2v) is 15.6. The number of hydrogen-bond acceptors (Lipinski definition) is 6. The quantitative estimate of drug-likeness (QED) is 0.603. The van der Waals surface area contributed by atoms with Crippen molar-refractivity contribution in [2.24, 2.45) is 4.99 Å². The van der Waals surface area contributed by atoms with Crippen molar-refractivity contribution in [3.8, 4) is 0 Å². The van der Waals surface area contributed by atoms with Crippen LogP contribution in [0.1, 0.15) is 32.8 Å². The van der Waals surface area contributed by atoms with Gasteiger partial charge in [0.15, 0.2) is 13.5 Å². The Kier molecular flexibility index (Phi) is 7.16. The molecule has 162 valence electrons. The molecule has 2 aliphatic rings. The van der Waals surface area contributed by atoms with Gasteiger partial charge < -0.3 is 18.8 Å². The smallest absolute Gasteiger partial charge is 0.192 e. The van der Waals surface area contributed by atoms with E-state index in [2.05, 4.69) is 50.9 Å². The van der Waals surface area contributed by atoms with Crippen LogP contribution >= 0.6 is 11.8 Å². The van der Waals surface area contributed by atoms with E-state index < -0.39 is 8.32 Å². The first kappa shape index (κ1) is 22.8. The molecule has 0 radical (unpaired) electrons. The molecule has 0 saturated carbocycles. The van der Waals surface area contributed by atoms with Gasteiger partial charge in [0.1, 0.15) is 11.5 Å². The number of nitrogens with zero attached hydrogens (tertiary/aromatic N) is 2. The predicted molar refractivity (Wildman–Crippen MR) is 124 cm³/mol. The summed E-state index contributed by atoms with van der Waals surface area (Å²) in [6, 6.07) is 10.5. The Balaban J connectivity index is 1.69. The molecule has 0 unspecified atom stereocenters. The first-order valence-electron chi connectivity index (χ1n) is 10.4. The van der Waals surface area contributed by atoms with Gasteiger partial charge in [0, 0.05) is 20.5 Å². The normalized spacial score (nSPS) is 27.5. The van der Waals surface area contributed by atoms with Gasteiger partial charge >= 0.3 is 0 Å². The van der Waals surface area contributed by atoms with Gasteiger partial charge in [0.25, 0.3) is 0 Å². The van der Waals surface area contributed by atoms with Crippen molar-refractivity contribution in [1.82, 2.24) is 4.90 Å². The number of ether oxygens (including phenoxy) is 2. The lowest BCUT2D eigenvalue weighted by Gasteiger charge is -2.41. The highest BCUT2D eigenvalue weighted by atomic mass is 32.2. The molecule has 0 amide bonds. The van der Waals surface area contributed by atoms with E-state index in [1.165, 1.54) is 5.56 Å². The number of aliphatic imine (C=N–C) groups is 1. The van der Waals surface area contributed by atoms with Crippen LogP contribution < -0.4 is 0 Å². The number of hydrogen-bond donors (Lipinski definition) is 0. The van der Waals surface area contributed by atoms with Crippen LogP contribution in [0.5, 0.6) is 0 Å². The summed E-state index contributed by atoms with van der Waals surface area (Å²) in [5.41, 5.74) is 1.23. The second kappa shape index (κ2) is 9.10. The molecule has 29 heavy (non-hydrogen) atoms. The summed E-state index contributed by atoms with van der Waals surface area (Å²) in [7, 11) is 2.22. The molecule has 0 spiro atoms. The fraction of sp³-hybridized carbons (Fsp3) is 0.682. The molecule has 0 bridgehead atoms. The van der Waals surface area contributed by atoms with Crippen molar-refractivity contribution < 1.29 is 13.9 Å². The summed E-state index contributed by atoms with van der Waals surface area (Å²) in [6.07, 6.45) is 0.776. The van der Waals surface area contributed by atoms with Crippen LogP contribution in [0.3, 0.4) is 0 Å². The highest BCUT2D eigenvalue weighted by molar-refractivity contribution is 8.14. The number of fused-ring (bicyclic) bond motifs is 1. The summed E-state index contributed by atoms with van der Waals surface area (Å²) in [6.45, 7) is 12.5. The lowest BCUT2D eigenvalue weighted by molar-refractivity contribution is -0.138. The minimum absolute atomic E-state index is 0.0212. The van der Waals surface area contributed by atoms with Gasteiger partial charge in [-0.3, -0.25) is 4.99 Å². The van der Waals surface area contributed by atoms with Crippen molar-refractivity contribution in [3.63, 3.8) is 0 Å². The Morgan fingerprint density at radius 1 is 1.21 bits per heavy atom. The molecule has 1 saturated heterocycles. The lowest BCUT2D eigenvalue weighted by Crippen LogP contribution is -2.50. The van der Waals surface area contributed by atoms with Crippen molar-refractivity contribution in [2.45, 2.75) is 75.6 Å². The summed E-state index contributed by atoms with van der Waals surface area (Å²) in [5.74, 6) is 0. The fourth-order valence-corrected chi connectivity index (χ4v) is 5.33. The Labute approximate surface area is 181 Å². The van der Waals surface area contributed by atoms with E-state index in [9.17, 15) is 0 Å². The molecule has 0 aliphatic carbocycles. The van der Waals surface area contributed by atoms with E-state index in [0.717, 1.165) is 11.6 Å². The maximum atomic E-state index is 6.52. The third-order valence-corrected chi connectivity index (χ3v) is 12.0. The molecule has 1 aromatic carbocycles. The highest BCUT2D eigenvalue weighted by Gasteiger charge is 2.45. The largest absolute Gasteiger partial charge is 0.414 e. The summed E-state index contributed by atoms with van der Waals surface area (Å²) >= 11 is 1.72. The molecule has 4 atom stereocenters. The summed E-state index contributed by atoms with van der Waals surface area (Å²) in [4.78, 5) is 6.93. The van der Waals surface area contributed by atoms with Crippen molar-refractivity contribution >= 4 is 25.2 Å². The third kappa shape index (κ3) is 5.64. The average molecular weight is 437 g/mol. The first-order valence-corrected chi connectivity index (χ1v) is 14.2. The van der Waals surface area contributed by atoms with E-state index in [0.29, 0.717) is 13.2 Å². The van der Waals surface area contributed by atoms with Crippen LogP contribution in [-0.4, -0.2) is 62.8 Å². The van der Waals surface area contributed by atoms with E-state index >= 15 is 0 Å². The molecule has 3 rings (SSSR count). The Hall–Kier alpha value is -0.863. The third-order valence-electron chi connectivity index (χ3n) is 6.11. The van der Waals surface area contributed by atoms with Gasteiger partial charge in [-0.15, -0.1) is 0 Å². The van der Waals surface area contributed by atoms with Gasteiger partial charge in [-0.1, -0.05) is 62.9 Å². The Bertz CT molecular complexity index is 706. The predicted octanol–water partition coefficient (Wildman–Crippen LogP) is 4.74. The van der Waals surface area contributed by atoms with Crippen LogP contribution in [0, 0.1) is 0 Å². The molecular formula is C22H36N2O3SSi. The molecule has 0 aromatic heterocycles. The molecule has 0 N–H and O–H groups in total. The molecular weight excluding hydrogens is 400 g/mol. The number of benzene rings is 1. The standard InChI is InChI=1S/C22H36N2O3SSi/c1-22(2,3)29(6,7)26-15-19-18(25-14-16-11-9-8-10-12-16)13-17-20(27-19)28-21(23-17)24(4)5/h8-12,17-20H,13-15H2,1-7H3/t17-,18+,19-,20-/m1/s1. The van der Waals surface area contributed by atoms with Gasteiger partial charge in [0.05, 0.1) is 25.4 Å². The Morgan fingerprint density at radius 3 is 2.52 bits per heavy atom.